The van der Waals surface area contributed by atoms with Crippen molar-refractivity contribution < 1.29 is 23.7 Å². The summed E-state index contributed by atoms with van der Waals surface area (Å²) in [6, 6.07) is 0. The zero-order chi connectivity index (χ0) is 20.4. The van der Waals surface area contributed by atoms with E-state index in [9.17, 15) is 24.5 Å². The van der Waals surface area contributed by atoms with Gasteiger partial charge in [0.15, 0.2) is 13.2 Å². The second-order valence-electron chi connectivity index (χ2n) is 7.35. The van der Waals surface area contributed by atoms with Gasteiger partial charge in [-0.05, 0) is 20.8 Å². The number of nitrogens with one attached hydrogen (secondary N) is 2. The molecule has 1 aromatic heterocycles. The van der Waals surface area contributed by atoms with Gasteiger partial charge in [-0.1, -0.05) is 0 Å². The SMILES string of the molecule is CC(C)(C)OC(=O)C[N+]1(CNc2nc(N)[nH]c(=O)c2[N+](=O)[O-])CCCC1=O. The summed E-state index contributed by atoms with van der Waals surface area (Å²) in [7, 11) is 0. The molecule has 1 aromatic rings. The molecule has 1 atom stereocenters. The van der Waals surface area contributed by atoms with E-state index in [2.05, 4.69) is 10.3 Å². The van der Waals surface area contributed by atoms with E-state index in [-0.39, 0.29) is 41.8 Å². The number of ether oxygens (including phenoxy) is 1. The molecule has 4 N–H and O–H groups in total. The largest absolute Gasteiger partial charge is 0.456 e. The predicted octanol–water partition coefficient (Wildman–Crippen LogP) is 0.109. The molecule has 148 valence electrons. The minimum absolute atomic E-state index is 0.158. The molecule has 2 rings (SSSR count). The van der Waals surface area contributed by atoms with Crippen molar-refractivity contribution >= 4 is 29.3 Å². The van der Waals surface area contributed by atoms with Crippen LogP contribution in [-0.2, 0) is 14.3 Å². The molecule has 2 heterocycles. The molecule has 0 saturated carbocycles. The highest BCUT2D eigenvalue weighted by atomic mass is 16.6. The maximum atomic E-state index is 12.4. The number of nitrogen functional groups attached to an aromatic ring is 1. The number of nitrogens with two attached hydrogens (primary N) is 1. The highest BCUT2D eigenvalue weighted by molar-refractivity contribution is 5.77. The molecule has 0 aliphatic carbocycles. The zero-order valence-corrected chi connectivity index (χ0v) is 15.4. The molecule has 0 radical (unpaired) electrons. The number of esters is 1. The highest BCUT2D eigenvalue weighted by Crippen LogP contribution is 2.24. The number of amides is 1. The number of hydrogen-bond acceptors (Lipinski definition) is 9. The van der Waals surface area contributed by atoms with Gasteiger partial charge >= 0.3 is 23.1 Å². The van der Waals surface area contributed by atoms with E-state index < -0.39 is 27.7 Å². The van der Waals surface area contributed by atoms with Crippen LogP contribution >= 0.6 is 0 Å². The molecule has 12 nitrogen and oxygen atoms in total. The van der Waals surface area contributed by atoms with Gasteiger partial charge < -0.3 is 15.8 Å². The zero-order valence-electron chi connectivity index (χ0n) is 15.4. The number of likely N-dealkylation sites (tertiary alicyclic amines) is 1. The summed E-state index contributed by atoms with van der Waals surface area (Å²) in [5.74, 6) is -1.43. The van der Waals surface area contributed by atoms with Gasteiger partial charge in [-0.3, -0.25) is 19.9 Å². The standard InChI is InChI=1S/C15H22N6O6/c1-15(2,3)27-10(23)7-21(6-4-5-9(21)22)8-17-12-11(20(25)26)13(24)19-14(16)18-12/h4-8H2,1-3H3,(H3-,16,17,18,19,24)/p+1. The number of aromatic amines is 1. The first-order chi connectivity index (χ1) is 12.4. The summed E-state index contributed by atoms with van der Waals surface area (Å²) in [5.41, 5.74) is 2.91. The van der Waals surface area contributed by atoms with Crippen LogP contribution in [0.2, 0.25) is 0 Å². The minimum Gasteiger partial charge on any atom is -0.456 e. The van der Waals surface area contributed by atoms with E-state index in [1.807, 2.05) is 4.98 Å². The second kappa shape index (κ2) is 7.31. The Balaban J connectivity index is 2.26. The number of carbonyl (C=O) groups excluding carboxylic acids is 2. The first-order valence-corrected chi connectivity index (χ1v) is 8.33. The van der Waals surface area contributed by atoms with Crippen LogP contribution in [0, 0.1) is 10.1 Å². The fraction of sp³-hybridized carbons (Fsp3) is 0.600. The Bertz CT molecular complexity index is 829. The van der Waals surface area contributed by atoms with Crippen molar-refractivity contribution in [2.45, 2.75) is 39.2 Å². The average molecular weight is 383 g/mol. The Morgan fingerprint density at radius 3 is 2.63 bits per heavy atom. The van der Waals surface area contributed by atoms with Gasteiger partial charge in [0.1, 0.15) is 5.60 Å². The van der Waals surface area contributed by atoms with E-state index in [4.69, 9.17) is 10.5 Å². The average Bonchev–Trinajstić information content (AvgIpc) is 2.83. The summed E-state index contributed by atoms with van der Waals surface area (Å²) in [6.07, 6.45) is 0.841. The van der Waals surface area contributed by atoms with Gasteiger partial charge in [0.05, 0.1) is 17.9 Å². The third-order valence-electron chi connectivity index (χ3n) is 4.00. The maximum Gasteiger partial charge on any atom is 0.375 e. The van der Waals surface area contributed by atoms with Crippen LogP contribution in [0.5, 0.6) is 0 Å². The number of anilines is 2. The quantitative estimate of drug-likeness (QED) is 0.267. The van der Waals surface area contributed by atoms with Crippen molar-refractivity contribution in [1.29, 1.82) is 0 Å². The normalized spacial score (nSPS) is 19.7. The van der Waals surface area contributed by atoms with Crippen LogP contribution in [0.4, 0.5) is 17.5 Å². The number of rotatable bonds is 6. The van der Waals surface area contributed by atoms with Gasteiger partial charge in [0.2, 0.25) is 11.8 Å². The van der Waals surface area contributed by atoms with Crippen molar-refractivity contribution in [2.75, 3.05) is 30.8 Å². The maximum absolute atomic E-state index is 12.4. The number of hydrogen-bond donors (Lipinski definition) is 3. The molecule has 1 unspecified atom stereocenters. The number of carbonyl (C=O) groups is 2. The highest BCUT2D eigenvalue weighted by Gasteiger charge is 2.44. The van der Waals surface area contributed by atoms with E-state index in [0.717, 1.165) is 0 Å². The lowest BCUT2D eigenvalue weighted by Crippen LogP contribution is -2.55. The lowest BCUT2D eigenvalue weighted by atomic mass is 10.2. The molecule has 0 bridgehead atoms. The Hall–Kier alpha value is -3.02. The first-order valence-electron chi connectivity index (χ1n) is 8.33. The molecule has 1 aliphatic heterocycles. The molecule has 1 amide bonds. The molecule has 1 fully saturated rings. The summed E-state index contributed by atoms with van der Waals surface area (Å²) < 4.78 is 5.00. The van der Waals surface area contributed by atoms with E-state index in [1.165, 1.54) is 0 Å². The first kappa shape index (κ1) is 20.3. The summed E-state index contributed by atoms with van der Waals surface area (Å²) in [6.45, 7) is 5.12. The van der Waals surface area contributed by atoms with Crippen LogP contribution in [0.25, 0.3) is 0 Å². The van der Waals surface area contributed by atoms with Crippen molar-refractivity contribution in [3.63, 3.8) is 0 Å². The van der Waals surface area contributed by atoms with E-state index >= 15 is 0 Å². The van der Waals surface area contributed by atoms with Gasteiger partial charge in [0, 0.05) is 6.42 Å². The smallest absolute Gasteiger partial charge is 0.375 e. The van der Waals surface area contributed by atoms with E-state index in [1.54, 1.807) is 20.8 Å². The van der Waals surface area contributed by atoms with Crippen molar-refractivity contribution in [2.24, 2.45) is 0 Å². The van der Waals surface area contributed by atoms with E-state index in [0.29, 0.717) is 13.0 Å². The summed E-state index contributed by atoms with van der Waals surface area (Å²) in [5, 5.41) is 13.8. The number of aromatic nitrogens is 2. The lowest BCUT2D eigenvalue weighted by Gasteiger charge is -2.31. The minimum atomic E-state index is -1.01. The molecule has 0 aromatic carbocycles. The molecular formula is C15H23N6O6+. The van der Waals surface area contributed by atoms with Crippen LogP contribution in [0.3, 0.4) is 0 Å². The monoisotopic (exact) mass is 383 g/mol. The van der Waals surface area contributed by atoms with Crippen molar-refractivity contribution in [3.8, 4) is 0 Å². The van der Waals surface area contributed by atoms with Crippen LogP contribution in [-0.4, -0.2) is 56.6 Å². The van der Waals surface area contributed by atoms with Gasteiger partial charge in [0.25, 0.3) is 0 Å². The molecular weight excluding hydrogens is 360 g/mol. The molecule has 27 heavy (non-hydrogen) atoms. The summed E-state index contributed by atoms with van der Waals surface area (Å²) >= 11 is 0. The third-order valence-corrected chi connectivity index (χ3v) is 4.00. The Morgan fingerprint density at radius 2 is 2.11 bits per heavy atom. The van der Waals surface area contributed by atoms with Crippen molar-refractivity contribution in [3.05, 3.63) is 20.5 Å². The molecule has 1 saturated heterocycles. The topological polar surface area (TPSA) is 170 Å². The lowest BCUT2D eigenvalue weighted by molar-refractivity contribution is -0.835. The van der Waals surface area contributed by atoms with Gasteiger partial charge in [-0.2, -0.15) is 4.98 Å². The third kappa shape index (κ3) is 4.78. The van der Waals surface area contributed by atoms with Crippen LogP contribution in [0.1, 0.15) is 33.6 Å². The Labute approximate surface area is 154 Å². The van der Waals surface area contributed by atoms with Crippen LogP contribution in [0.15, 0.2) is 4.79 Å². The fourth-order valence-corrected chi connectivity index (χ4v) is 2.91. The Morgan fingerprint density at radius 1 is 1.44 bits per heavy atom. The summed E-state index contributed by atoms with van der Waals surface area (Å²) in [4.78, 5) is 52.5. The van der Waals surface area contributed by atoms with Gasteiger partial charge in [-0.25, -0.2) is 14.1 Å². The molecule has 1 aliphatic rings. The fourth-order valence-electron chi connectivity index (χ4n) is 2.91. The predicted molar refractivity (Wildman–Crippen MR) is 94.5 cm³/mol. The van der Waals surface area contributed by atoms with Crippen molar-refractivity contribution in [1.82, 2.24) is 9.97 Å². The van der Waals surface area contributed by atoms with Crippen LogP contribution < -0.4 is 16.6 Å². The molecule has 0 spiro atoms. The Kier molecular flexibility index (Phi) is 5.49. The second-order valence-corrected chi connectivity index (χ2v) is 7.35. The number of quaternary nitrogens is 1. The number of nitrogens with zero attached hydrogens (tertiary/aromatic N) is 3. The van der Waals surface area contributed by atoms with Gasteiger partial charge in [-0.15, -0.1) is 0 Å². The number of H-pyrrole nitrogens is 1. The molecule has 12 heteroatoms. The number of nitro groups is 1.